The summed E-state index contributed by atoms with van der Waals surface area (Å²) in [6.45, 7) is 10.9. The van der Waals surface area contributed by atoms with E-state index < -0.39 is 0 Å². The lowest BCUT2D eigenvalue weighted by molar-refractivity contribution is 0.196. The molecule has 2 nitrogen and oxygen atoms in total. The topological polar surface area (TPSA) is 15.3 Å². The molecule has 0 spiro atoms. The molecule has 0 aromatic rings. The highest BCUT2D eigenvalue weighted by Crippen LogP contribution is 2.39. The van der Waals surface area contributed by atoms with Gasteiger partial charge in [0.15, 0.2) is 0 Å². The van der Waals surface area contributed by atoms with Crippen molar-refractivity contribution in [2.24, 2.45) is 5.41 Å². The third-order valence-corrected chi connectivity index (χ3v) is 4.55. The Bertz CT molecular complexity index is 225. The molecule has 0 aromatic heterocycles. The predicted octanol–water partition coefficient (Wildman–Crippen LogP) is 2.64. The van der Waals surface area contributed by atoms with E-state index in [0.29, 0.717) is 5.41 Å². The van der Waals surface area contributed by atoms with E-state index in [1.807, 2.05) is 0 Å². The maximum atomic E-state index is 3.66. The van der Waals surface area contributed by atoms with Gasteiger partial charge in [-0.1, -0.05) is 20.8 Å². The van der Waals surface area contributed by atoms with Crippen LogP contribution in [0.2, 0.25) is 0 Å². The second-order valence-corrected chi connectivity index (χ2v) is 6.44. The summed E-state index contributed by atoms with van der Waals surface area (Å²) >= 11 is 0. The van der Waals surface area contributed by atoms with E-state index in [1.54, 1.807) is 0 Å². The van der Waals surface area contributed by atoms with Crippen molar-refractivity contribution in [1.29, 1.82) is 0 Å². The highest BCUT2D eigenvalue weighted by Gasteiger charge is 2.34. The standard InChI is InChI=1S/C14H28N2/c1-4-12-6-9-16(10-8-15-12)13-5-7-14(2,3)11-13/h12-13,15H,4-11H2,1-3H3. The van der Waals surface area contributed by atoms with Crippen LogP contribution in [0.4, 0.5) is 0 Å². The summed E-state index contributed by atoms with van der Waals surface area (Å²) in [4.78, 5) is 2.75. The van der Waals surface area contributed by atoms with E-state index in [0.717, 1.165) is 12.1 Å². The molecule has 0 amide bonds. The summed E-state index contributed by atoms with van der Waals surface area (Å²) in [5.41, 5.74) is 0.592. The van der Waals surface area contributed by atoms with Crippen molar-refractivity contribution in [3.8, 4) is 0 Å². The summed E-state index contributed by atoms with van der Waals surface area (Å²) in [6.07, 6.45) is 6.86. The van der Waals surface area contributed by atoms with Gasteiger partial charge in [-0.2, -0.15) is 0 Å². The molecule has 2 atom stereocenters. The zero-order valence-electron chi connectivity index (χ0n) is 11.3. The Morgan fingerprint density at radius 2 is 2.06 bits per heavy atom. The van der Waals surface area contributed by atoms with E-state index in [4.69, 9.17) is 0 Å². The van der Waals surface area contributed by atoms with Gasteiger partial charge in [-0.05, 0) is 44.1 Å². The molecule has 2 unspecified atom stereocenters. The van der Waals surface area contributed by atoms with Gasteiger partial charge in [-0.15, -0.1) is 0 Å². The molecule has 94 valence electrons. The monoisotopic (exact) mass is 224 g/mol. The van der Waals surface area contributed by atoms with Crippen LogP contribution in [0.5, 0.6) is 0 Å². The van der Waals surface area contributed by atoms with Crippen molar-refractivity contribution in [2.45, 2.75) is 65.0 Å². The zero-order chi connectivity index (χ0) is 11.6. The molecule has 1 heterocycles. The van der Waals surface area contributed by atoms with Gasteiger partial charge in [0.25, 0.3) is 0 Å². The third kappa shape index (κ3) is 2.98. The minimum Gasteiger partial charge on any atom is -0.313 e. The molecule has 1 aliphatic carbocycles. The Morgan fingerprint density at radius 3 is 2.69 bits per heavy atom. The van der Waals surface area contributed by atoms with Crippen molar-refractivity contribution in [2.75, 3.05) is 19.6 Å². The second kappa shape index (κ2) is 5.05. The molecule has 2 heteroatoms. The normalized spacial score (nSPS) is 36.2. The fourth-order valence-corrected chi connectivity index (χ4v) is 3.37. The molecule has 1 N–H and O–H groups in total. The first-order chi connectivity index (χ1) is 7.61. The van der Waals surface area contributed by atoms with Crippen molar-refractivity contribution >= 4 is 0 Å². The SMILES string of the molecule is CCC1CCN(C2CCC(C)(C)C2)CCN1. The molecule has 2 aliphatic rings. The van der Waals surface area contributed by atoms with Gasteiger partial charge in [0.1, 0.15) is 0 Å². The van der Waals surface area contributed by atoms with E-state index in [2.05, 4.69) is 31.0 Å². The fraction of sp³-hybridized carbons (Fsp3) is 1.00. The summed E-state index contributed by atoms with van der Waals surface area (Å²) in [6, 6.07) is 1.63. The lowest BCUT2D eigenvalue weighted by Crippen LogP contribution is -2.36. The third-order valence-electron chi connectivity index (χ3n) is 4.55. The van der Waals surface area contributed by atoms with Crippen LogP contribution in [0.25, 0.3) is 0 Å². The molecule has 2 fully saturated rings. The molecule has 1 aliphatic heterocycles. The van der Waals surface area contributed by atoms with Gasteiger partial charge < -0.3 is 5.32 Å². The molecular weight excluding hydrogens is 196 g/mol. The zero-order valence-corrected chi connectivity index (χ0v) is 11.3. The minimum atomic E-state index is 0.592. The van der Waals surface area contributed by atoms with Crippen LogP contribution in [0.1, 0.15) is 52.9 Å². The Kier molecular flexibility index (Phi) is 3.91. The fourth-order valence-electron chi connectivity index (χ4n) is 3.37. The average Bonchev–Trinajstić information content (AvgIpc) is 2.50. The lowest BCUT2D eigenvalue weighted by Gasteiger charge is -2.28. The smallest absolute Gasteiger partial charge is 0.0110 e. The predicted molar refractivity (Wildman–Crippen MR) is 69.7 cm³/mol. The number of nitrogens with one attached hydrogen (secondary N) is 1. The quantitative estimate of drug-likeness (QED) is 0.776. The Hall–Kier alpha value is -0.0800. The van der Waals surface area contributed by atoms with E-state index in [1.165, 1.54) is 51.7 Å². The molecule has 1 saturated carbocycles. The highest BCUT2D eigenvalue weighted by molar-refractivity contribution is 4.89. The van der Waals surface area contributed by atoms with Gasteiger partial charge in [0, 0.05) is 25.2 Å². The molecule has 0 radical (unpaired) electrons. The Morgan fingerprint density at radius 1 is 1.25 bits per heavy atom. The van der Waals surface area contributed by atoms with Crippen LogP contribution in [0, 0.1) is 5.41 Å². The first-order valence-corrected chi connectivity index (χ1v) is 7.08. The molecule has 1 saturated heterocycles. The second-order valence-electron chi connectivity index (χ2n) is 6.44. The first-order valence-electron chi connectivity index (χ1n) is 7.08. The summed E-state index contributed by atoms with van der Waals surface area (Å²) in [5.74, 6) is 0. The number of rotatable bonds is 2. The Labute approximate surface area is 101 Å². The molecule has 0 bridgehead atoms. The van der Waals surface area contributed by atoms with E-state index >= 15 is 0 Å². The number of hydrogen-bond donors (Lipinski definition) is 1. The van der Waals surface area contributed by atoms with Crippen molar-refractivity contribution < 1.29 is 0 Å². The molecule has 16 heavy (non-hydrogen) atoms. The van der Waals surface area contributed by atoms with Crippen LogP contribution in [0.15, 0.2) is 0 Å². The van der Waals surface area contributed by atoms with Crippen LogP contribution in [-0.4, -0.2) is 36.6 Å². The van der Waals surface area contributed by atoms with Crippen LogP contribution < -0.4 is 5.32 Å². The molecular formula is C14H28N2. The number of nitrogens with zero attached hydrogens (tertiary/aromatic N) is 1. The van der Waals surface area contributed by atoms with Gasteiger partial charge in [0.05, 0.1) is 0 Å². The maximum absolute atomic E-state index is 3.66. The first kappa shape index (κ1) is 12.4. The summed E-state index contributed by atoms with van der Waals surface area (Å²) < 4.78 is 0. The van der Waals surface area contributed by atoms with Gasteiger partial charge in [0.2, 0.25) is 0 Å². The minimum absolute atomic E-state index is 0.592. The number of hydrogen-bond acceptors (Lipinski definition) is 2. The van der Waals surface area contributed by atoms with E-state index in [-0.39, 0.29) is 0 Å². The van der Waals surface area contributed by atoms with Crippen LogP contribution in [0.3, 0.4) is 0 Å². The summed E-state index contributed by atoms with van der Waals surface area (Å²) in [7, 11) is 0. The Balaban J connectivity index is 1.86. The van der Waals surface area contributed by atoms with Crippen molar-refractivity contribution in [3.63, 3.8) is 0 Å². The summed E-state index contributed by atoms with van der Waals surface area (Å²) in [5, 5.41) is 3.66. The van der Waals surface area contributed by atoms with Gasteiger partial charge >= 0.3 is 0 Å². The largest absolute Gasteiger partial charge is 0.313 e. The van der Waals surface area contributed by atoms with E-state index in [9.17, 15) is 0 Å². The lowest BCUT2D eigenvalue weighted by atomic mass is 9.91. The average molecular weight is 224 g/mol. The van der Waals surface area contributed by atoms with Crippen molar-refractivity contribution in [1.82, 2.24) is 10.2 Å². The van der Waals surface area contributed by atoms with Crippen molar-refractivity contribution in [3.05, 3.63) is 0 Å². The van der Waals surface area contributed by atoms with Gasteiger partial charge in [-0.25, -0.2) is 0 Å². The maximum Gasteiger partial charge on any atom is 0.0110 e. The van der Waals surface area contributed by atoms with Crippen LogP contribution in [-0.2, 0) is 0 Å². The molecule has 0 aromatic carbocycles. The highest BCUT2D eigenvalue weighted by atomic mass is 15.2. The van der Waals surface area contributed by atoms with Gasteiger partial charge in [-0.3, -0.25) is 4.90 Å². The van der Waals surface area contributed by atoms with Crippen LogP contribution >= 0.6 is 0 Å². The molecule has 2 rings (SSSR count).